The molecular formula is C21H22N2O3S2. The van der Waals surface area contributed by atoms with Crippen LogP contribution in [0.15, 0.2) is 34.2 Å². The lowest BCUT2D eigenvalue weighted by atomic mass is 10.2. The summed E-state index contributed by atoms with van der Waals surface area (Å²) >= 11 is 2.86. The first-order chi connectivity index (χ1) is 13.4. The van der Waals surface area contributed by atoms with Gasteiger partial charge in [-0.3, -0.25) is 14.2 Å². The minimum Gasteiger partial charge on any atom is -0.462 e. The fourth-order valence-corrected chi connectivity index (χ4v) is 5.56. The number of carbonyl (C=O) groups is 1. The molecule has 28 heavy (non-hydrogen) atoms. The zero-order valence-corrected chi connectivity index (χ0v) is 17.8. The largest absolute Gasteiger partial charge is 0.462 e. The Labute approximate surface area is 171 Å². The number of aryl methyl sites for hydroxylation is 3. The molecule has 1 aliphatic carbocycles. The van der Waals surface area contributed by atoms with Gasteiger partial charge < -0.3 is 4.74 Å². The fourth-order valence-electron chi connectivity index (χ4n) is 3.46. The summed E-state index contributed by atoms with van der Waals surface area (Å²) in [6.07, 6.45) is 2.89. The van der Waals surface area contributed by atoms with Crippen LogP contribution in [0.4, 0.5) is 0 Å². The Morgan fingerprint density at radius 2 is 2.04 bits per heavy atom. The Balaban J connectivity index is 1.82. The number of carbonyl (C=O) groups excluding carboxylic acids is 1. The summed E-state index contributed by atoms with van der Waals surface area (Å²) in [5.74, 6) is -0.189. The first-order valence-electron chi connectivity index (χ1n) is 9.40. The molecule has 2 aromatic heterocycles. The van der Waals surface area contributed by atoms with Gasteiger partial charge >= 0.3 is 5.97 Å². The lowest BCUT2D eigenvalue weighted by Crippen LogP contribution is -2.22. The molecule has 0 unspecified atom stereocenters. The zero-order valence-electron chi connectivity index (χ0n) is 16.2. The lowest BCUT2D eigenvalue weighted by Gasteiger charge is -2.13. The van der Waals surface area contributed by atoms with Gasteiger partial charge in [-0.25, -0.2) is 4.98 Å². The molecule has 4 rings (SSSR count). The third-order valence-electron chi connectivity index (χ3n) is 4.69. The number of aromatic nitrogens is 2. The van der Waals surface area contributed by atoms with Crippen LogP contribution in [0.25, 0.3) is 15.9 Å². The minimum absolute atomic E-state index is 0.0482. The SMILES string of the molecule is Cc1ccc(-n2c(SCC(=O)OC(C)C)nc3sc4c(c3c2=O)CCC4)cc1. The Hall–Kier alpha value is -2.12. The molecule has 2 heterocycles. The van der Waals surface area contributed by atoms with Crippen LogP contribution < -0.4 is 5.56 Å². The van der Waals surface area contributed by atoms with E-state index in [1.54, 1.807) is 15.9 Å². The predicted octanol–water partition coefficient (Wildman–Crippen LogP) is 4.29. The molecule has 0 amide bonds. The van der Waals surface area contributed by atoms with Crippen LogP contribution in [0.1, 0.15) is 36.3 Å². The van der Waals surface area contributed by atoms with Gasteiger partial charge in [0.15, 0.2) is 5.16 Å². The second-order valence-electron chi connectivity index (χ2n) is 7.24. The average molecular weight is 415 g/mol. The van der Waals surface area contributed by atoms with Crippen molar-refractivity contribution in [2.45, 2.75) is 51.3 Å². The van der Waals surface area contributed by atoms with Crippen molar-refractivity contribution in [3.05, 3.63) is 50.6 Å². The van der Waals surface area contributed by atoms with E-state index in [2.05, 4.69) is 0 Å². The average Bonchev–Trinajstić information content (AvgIpc) is 3.21. The van der Waals surface area contributed by atoms with Gasteiger partial charge in [0, 0.05) is 4.88 Å². The molecule has 0 N–H and O–H groups in total. The van der Waals surface area contributed by atoms with Gasteiger partial charge in [0.1, 0.15) is 4.83 Å². The molecule has 0 radical (unpaired) electrons. The van der Waals surface area contributed by atoms with Crippen LogP contribution >= 0.6 is 23.1 Å². The minimum atomic E-state index is -0.307. The van der Waals surface area contributed by atoms with E-state index < -0.39 is 0 Å². The molecule has 0 atom stereocenters. The van der Waals surface area contributed by atoms with Gasteiger partial charge in [0.25, 0.3) is 5.56 Å². The second-order valence-corrected chi connectivity index (χ2v) is 9.26. The Bertz CT molecular complexity index is 1100. The van der Waals surface area contributed by atoms with Crippen molar-refractivity contribution >= 4 is 39.3 Å². The van der Waals surface area contributed by atoms with E-state index in [4.69, 9.17) is 9.72 Å². The molecule has 0 bridgehead atoms. The normalized spacial score (nSPS) is 13.3. The highest BCUT2D eigenvalue weighted by molar-refractivity contribution is 7.99. The van der Waals surface area contributed by atoms with E-state index in [-0.39, 0.29) is 23.4 Å². The number of hydrogen-bond acceptors (Lipinski definition) is 6. The number of thioether (sulfide) groups is 1. The van der Waals surface area contributed by atoms with Crippen molar-refractivity contribution < 1.29 is 9.53 Å². The standard InChI is InChI=1S/C21H22N2O3S2/c1-12(2)26-17(24)11-27-21-22-19-18(15-5-4-6-16(15)28-19)20(25)23(21)14-9-7-13(3)8-10-14/h7-10,12H,4-6,11H2,1-3H3. The Kier molecular flexibility index (Phi) is 5.29. The number of esters is 1. The number of thiophene rings is 1. The van der Waals surface area contributed by atoms with Crippen LogP contribution in [-0.4, -0.2) is 27.4 Å². The topological polar surface area (TPSA) is 61.2 Å². The van der Waals surface area contributed by atoms with Gasteiger partial charge in [-0.1, -0.05) is 29.5 Å². The molecule has 7 heteroatoms. The van der Waals surface area contributed by atoms with Gasteiger partial charge in [0.05, 0.1) is 22.9 Å². The molecule has 0 fully saturated rings. The highest BCUT2D eigenvalue weighted by atomic mass is 32.2. The van der Waals surface area contributed by atoms with Crippen molar-refractivity contribution in [3.8, 4) is 5.69 Å². The Morgan fingerprint density at radius 1 is 1.29 bits per heavy atom. The van der Waals surface area contributed by atoms with Crippen LogP contribution in [0.2, 0.25) is 0 Å². The maximum Gasteiger partial charge on any atom is 0.316 e. The molecule has 3 aromatic rings. The quantitative estimate of drug-likeness (QED) is 0.354. The molecule has 1 aromatic carbocycles. The summed E-state index contributed by atoms with van der Waals surface area (Å²) in [4.78, 5) is 32.3. The van der Waals surface area contributed by atoms with Crippen molar-refractivity contribution in [2.24, 2.45) is 0 Å². The first kappa shape index (κ1) is 19.2. The molecule has 0 aliphatic heterocycles. The molecule has 0 saturated carbocycles. The summed E-state index contributed by atoms with van der Waals surface area (Å²) in [7, 11) is 0. The van der Waals surface area contributed by atoms with E-state index in [0.29, 0.717) is 5.16 Å². The van der Waals surface area contributed by atoms with Crippen LogP contribution in [0.5, 0.6) is 0 Å². The van der Waals surface area contributed by atoms with E-state index >= 15 is 0 Å². The van der Waals surface area contributed by atoms with Crippen LogP contribution in [0, 0.1) is 6.92 Å². The predicted molar refractivity (Wildman–Crippen MR) is 114 cm³/mol. The van der Waals surface area contributed by atoms with E-state index in [9.17, 15) is 9.59 Å². The maximum absolute atomic E-state index is 13.5. The van der Waals surface area contributed by atoms with Crippen molar-refractivity contribution in [3.63, 3.8) is 0 Å². The van der Waals surface area contributed by atoms with E-state index in [1.807, 2.05) is 45.0 Å². The molecular weight excluding hydrogens is 392 g/mol. The molecule has 1 aliphatic rings. The summed E-state index contributed by atoms with van der Waals surface area (Å²) in [5, 5.41) is 1.27. The summed E-state index contributed by atoms with van der Waals surface area (Å²) in [6.45, 7) is 5.65. The van der Waals surface area contributed by atoms with Gasteiger partial charge in [-0.05, 0) is 57.7 Å². The van der Waals surface area contributed by atoms with E-state index in [1.165, 1.54) is 16.6 Å². The van der Waals surface area contributed by atoms with Crippen molar-refractivity contribution in [1.82, 2.24) is 9.55 Å². The number of rotatable bonds is 5. The number of fused-ring (bicyclic) bond motifs is 3. The summed E-state index contributed by atoms with van der Waals surface area (Å²) in [6, 6.07) is 7.80. The van der Waals surface area contributed by atoms with Crippen molar-refractivity contribution in [2.75, 3.05) is 5.75 Å². The number of hydrogen-bond donors (Lipinski definition) is 0. The molecule has 0 saturated heterocycles. The molecule has 5 nitrogen and oxygen atoms in total. The molecule has 146 valence electrons. The van der Waals surface area contributed by atoms with Gasteiger partial charge in [0.2, 0.25) is 0 Å². The fraction of sp³-hybridized carbons (Fsp3) is 0.381. The number of benzene rings is 1. The third kappa shape index (κ3) is 3.61. The summed E-state index contributed by atoms with van der Waals surface area (Å²) < 4.78 is 6.87. The van der Waals surface area contributed by atoms with Crippen LogP contribution in [-0.2, 0) is 22.4 Å². The molecule has 0 spiro atoms. The monoisotopic (exact) mass is 414 g/mol. The summed E-state index contributed by atoms with van der Waals surface area (Å²) in [5.41, 5.74) is 3.00. The van der Waals surface area contributed by atoms with Crippen molar-refractivity contribution in [1.29, 1.82) is 0 Å². The van der Waals surface area contributed by atoms with Gasteiger partial charge in [-0.2, -0.15) is 0 Å². The van der Waals surface area contributed by atoms with Gasteiger partial charge in [-0.15, -0.1) is 11.3 Å². The number of nitrogens with zero attached hydrogens (tertiary/aromatic N) is 2. The second kappa shape index (κ2) is 7.72. The lowest BCUT2D eigenvalue weighted by molar-refractivity contribution is -0.144. The smallest absolute Gasteiger partial charge is 0.316 e. The van der Waals surface area contributed by atoms with E-state index in [0.717, 1.165) is 46.3 Å². The number of ether oxygens (including phenoxy) is 1. The maximum atomic E-state index is 13.5. The highest BCUT2D eigenvalue weighted by Gasteiger charge is 2.24. The third-order valence-corrected chi connectivity index (χ3v) is 6.78. The zero-order chi connectivity index (χ0) is 19.8. The highest BCUT2D eigenvalue weighted by Crippen LogP contribution is 2.36. The Morgan fingerprint density at radius 3 is 2.75 bits per heavy atom. The van der Waals surface area contributed by atoms with Crippen LogP contribution in [0.3, 0.4) is 0 Å². The first-order valence-corrected chi connectivity index (χ1v) is 11.2.